The molecule has 0 saturated heterocycles. The molecule has 0 radical (unpaired) electrons. The summed E-state index contributed by atoms with van der Waals surface area (Å²) in [6.07, 6.45) is 0. The van der Waals surface area contributed by atoms with Crippen LogP contribution in [-0.2, 0) is 4.79 Å². The second-order valence-corrected chi connectivity index (χ2v) is 5.28. The van der Waals surface area contributed by atoms with Crippen LogP contribution in [0.1, 0.15) is 17.3 Å². The largest absolute Gasteiger partial charge is 0.489 e. The highest BCUT2D eigenvalue weighted by Gasteiger charge is 2.17. The topological polar surface area (TPSA) is 98.7 Å². The second-order valence-electron chi connectivity index (χ2n) is 5.28. The Kier molecular flexibility index (Phi) is 6.11. The molecule has 0 bridgehead atoms. The summed E-state index contributed by atoms with van der Waals surface area (Å²) in [6.45, 7) is 2.10. The SMILES string of the molecule is CC(=O)NCCNC(=O)c1cccc(-c2ccccc2B(O)O)c1. The van der Waals surface area contributed by atoms with Crippen LogP contribution >= 0.6 is 0 Å². The van der Waals surface area contributed by atoms with Crippen LogP contribution < -0.4 is 16.1 Å². The van der Waals surface area contributed by atoms with Crippen LogP contribution in [-0.4, -0.2) is 42.1 Å². The van der Waals surface area contributed by atoms with Gasteiger partial charge in [-0.3, -0.25) is 9.59 Å². The van der Waals surface area contributed by atoms with Crippen molar-refractivity contribution in [2.75, 3.05) is 13.1 Å². The fraction of sp³-hybridized carbons (Fsp3) is 0.176. The molecule has 0 aliphatic heterocycles. The zero-order chi connectivity index (χ0) is 17.5. The van der Waals surface area contributed by atoms with Gasteiger partial charge in [-0.05, 0) is 28.7 Å². The monoisotopic (exact) mass is 326 g/mol. The van der Waals surface area contributed by atoms with E-state index in [0.29, 0.717) is 35.2 Å². The lowest BCUT2D eigenvalue weighted by molar-refractivity contribution is -0.118. The zero-order valence-corrected chi connectivity index (χ0v) is 13.3. The van der Waals surface area contributed by atoms with E-state index in [-0.39, 0.29) is 11.8 Å². The Morgan fingerprint density at radius 1 is 1.00 bits per heavy atom. The maximum Gasteiger partial charge on any atom is 0.489 e. The second kappa shape index (κ2) is 8.28. The minimum atomic E-state index is -1.59. The number of carbonyl (C=O) groups excluding carboxylic acids is 2. The quantitative estimate of drug-likeness (QED) is 0.440. The summed E-state index contributed by atoms with van der Waals surface area (Å²) in [7, 11) is -1.59. The molecule has 0 saturated carbocycles. The standard InChI is InChI=1S/C17H19BN2O4/c1-12(21)19-9-10-20-17(22)14-6-4-5-13(11-14)15-7-2-3-8-16(15)18(23)24/h2-8,11,23-24H,9-10H2,1H3,(H,19,21)(H,20,22). The third kappa shape index (κ3) is 4.68. The van der Waals surface area contributed by atoms with E-state index in [4.69, 9.17) is 0 Å². The summed E-state index contributed by atoms with van der Waals surface area (Å²) in [5.41, 5.74) is 2.20. The summed E-state index contributed by atoms with van der Waals surface area (Å²) >= 11 is 0. The van der Waals surface area contributed by atoms with Gasteiger partial charge in [0.2, 0.25) is 5.91 Å². The number of amides is 2. The third-order valence-electron chi connectivity index (χ3n) is 3.46. The molecule has 2 amide bonds. The van der Waals surface area contributed by atoms with Crippen molar-refractivity contribution in [2.24, 2.45) is 0 Å². The summed E-state index contributed by atoms with van der Waals surface area (Å²) in [6, 6.07) is 13.8. The molecular formula is C17H19BN2O4. The molecule has 2 aromatic rings. The van der Waals surface area contributed by atoms with E-state index in [9.17, 15) is 19.6 Å². The lowest BCUT2D eigenvalue weighted by Crippen LogP contribution is -2.33. The molecule has 0 aliphatic rings. The van der Waals surface area contributed by atoms with E-state index in [1.807, 2.05) is 0 Å². The number of benzene rings is 2. The maximum absolute atomic E-state index is 12.2. The van der Waals surface area contributed by atoms with Gasteiger partial charge in [-0.1, -0.05) is 36.4 Å². The van der Waals surface area contributed by atoms with Crippen LogP contribution in [0.25, 0.3) is 11.1 Å². The van der Waals surface area contributed by atoms with Crippen molar-refractivity contribution >= 4 is 24.4 Å². The highest BCUT2D eigenvalue weighted by atomic mass is 16.4. The first kappa shape index (κ1) is 17.7. The van der Waals surface area contributed by atoms with E-state index >= 15 is 0 Å². The number of carbonyl (C=O) groups is 2. The van der Waals surface area contributed by atoms with Crippen molar-refractivity contribution in [3.05, 3.63) is 54.1 Å². The van der Waals surface area contributed by atoms with E-state index < -0.39 is 7.12 Å². The minimum absolute atomic E-state index is 0.148. The first-order chi connectivity index (χ1) is 11.5. The maximum atomic E-state index is 12.2. The van der Waals surface area contributed by atoms with Crippen LogP contribution in [0.3, 0.4) is 0 Å². The van der Waals surface area contributed by atoms with Gasteiger partial charge in [0.05, 0.1) is 0 Å². The average molecular weight is 326 g/mol. The minimum Gasteiger partial charge on any atom is -0.423 e. The molecule has 0 aliphatic carbocycles. The smallest absolute Gasteiger partial charge is 0.423 e. The number of nitrogens with one attached hydrogen (secondary N) is 2. The number of hydrogen-bond donors (Lipinski definition) is 4. The molecule has 0 unspecified atom stereocenters. The van der Waals surface area contributed by atoms with Gasteiger partial charge in [-0.25, -0.2) is 0 Å². The zero-order valence-electron chi connectivity index (χ0n) is 13.3. The van der Waals surface area contributed by atoms with Gasteiger partial charge >= 0.3 is 7.12 Å². The van der Waals surface area contributed by atoms with Crippen LogP contribution in [0.5, 0.6) is 0 Å². The van der Waals surface area contributed by atoms with Gasteiger partial charge in [0, 0.05) is 25.6 Å². The molecule has 2 rings (SSSR count). The molecule has 0 spiro atoms. The molecule has 0 atom stereocenters. The molecule has 7 heteroatoms. The molecule has 0 aromatic heterocycles. The fourth-order valence-electron chi connectivity index (χ4n) is 2.33. The fourth-order valence-corrected chi connectivity index (χ4v) is 2.33. The highest BCUT2D eigenvalue weighted by Crippen LogP contribution is 2.19. The highest BCUT2D eigenvalue weighted by molar-refractivity contribution is 6.60. The van der Waals surface area contributed by atoms with Crippen molar-refractivity contribution in [3.63, 3.8) is 0 Å². The van der Waals surface area contributed by atoms with Gasteiger partial charge in [-0.2, -0.15) is 0 Å². The summed E-state index contributed by atoms with van der Waals surface area (Å²) < 4.78 is 0. The number of rotatable bonds is 6. The molecule has 124 valence electrons. The summed E-state index contributed by atoms with van der Waals surface area (Å²) in [4.78, 5) is 23.0. The number of hydrogen-bond acceptors (Lipinski definition) is 4. The van der Waals surface area contributed by atoms with Crippen LogP contribution in [0.2, 0.25) is 0 Å². The van der Waals surface area contributed by atoms with Gasteiger partial charge in [-0.15, -0.1) is 0 Å². The Morgan fingerprint density at radius 2 is 1.71 bits per heavy atom. The molecule has 0 fully saturated rings. The summed E-state index contributed by atoms with van der Waals surface area (Å²) in [5, 5.41) is 24.3. The van der Waals surface area contributed by atoms with Crippen molar-refractivity contribution in [1.29, 1.82) is 0 Å². The van der Waals surface area contributed by atoms with Crippen LogP contribution in [0.4, 0.5) is 0 Å². The van der Waals surface area contributed by atoms with Gasteiger partial charge in [0.25, 0.3) is 5.91 Å². The van der Waals surface area contributed by atoms with E-state index in [2.05, 4.69) is 10.6 Å². The van der Waals surface area contributed by atoms with Crippen LogP contribution in [0.15, 0.2) is 48.5 Å². The van der Waals surface area contributed by atoms with Crippen molar-refractivity contribution in [3.8, 4) is 11.1 Å². The lowest BCUT2D eigenvalue weighted by atomic mass is 9.75. The Balaban J connectivity index is 2.14. The van der Waals surface area contributed by atoms with Gasteiger partial charge in [0.15, 0.2) is 0 Å². The van der Waals surface area contributed by atoms with Gasteiger partial charge in [0.1, 0.15) is 0 Å². The Labute approximate surface area is 140 Å². The lowest BCUT2D eigenvalue weighted by Gasteiger charge is -2.11. The van der Waals surface area contributed by atoms with E-state index in [1.165, 1.54) is 6.92 Å². The predicted octanol–water partition coefficient (Wildman–Crippen LogP) is -0.101. The third-order valence-corrected chi connectivity index (χ3v) is 3.46. The predicted molar refractivity (Wildman–Crippen MR) is 92.7 cm³/mol. The Morgan fingerprint density at radius 3 is 2.42 bits per heavy atom. The van der Waals surface area contributed by atoms with Crippen molar-refractivity contribution in [2.45, 2.75) is 6.92 Å². The first-order valence-electron chi connectivity index (χ1n) is 7.57. The molecule has 24 heavy (non-hydrogen) atoms. The van der Waals surface area contributed by atoms with E-state index in [1.54, 1.807) is 48.5 Å². The molecule has 0 heterocycles. The first-order valence-corrected chi connectivity index (χ1v) is 7.57. The molecule has 4 N–H and O–H groups in total. The Bertz CT molecular complexity index is 734. The van der Waals surface area contributed by atoms with Crippen molar-refractivity contribution in [1.82, 2.24) is 10.6 Å². The molecular weight excluding hydrogens is 307 g/mol. The molecule has 2 aromatic carbocycles. The summed E-state index contributed by atoms with van der Waals surface area (Å²) in [5.74, 6) is -0.408. The average Bonchev–Trinajstić information content (AvgIpc) is 2.58. The van der Waals surface area contributed by atoms with Crippen molar-refractivity contribution < 1.29 is 19.6 Å². The normalized spacial score (nSPS) is 10.1. The van der Waals surface area contributed by atoms with Crippen LogP contribution in [0, 0.1) is 0 Å². The van der Waals surface area contributed by atoms with E-state index in [0.717, 1.165) is 0 Å². The molecule has 6 nitrogen and oxygen atoms in total. The Hall–Kier alpha value is -2.64. The van der Waals surface area contributed by atoms with Gasteiger partial charge < -0.3 is 20.7 Å².